The summed E-state index contributed by atoms with van der Waals surface area (Å²) in [4.78, 5) is 24.4. The van der Waals surface area contributed by atoms with Crippen LogP contribution in [0.15, 0.2) is 47.4 Å². The van der Waals surface area contributed by atoms with Crippen LogP contribution in [0.4, 0.5) is 14.5 Å². The second-order valence-corrected chi connectivity index (χ2v) is 6.40. The molecule has 2 aromatic rings. The summed E-state index contributed by atoms with van der Waals surface area (Å²) in [5.74, 6) is -2.88. The molecule has 0 atom stereocenters. The molecule has 0 aromatic heterocycles. The third kappa shape index (κ3) is 5.73. The van der Waals surface area contributed by atoms with Crippen molar-refractivity contribution in [2.24, 2.45) is 0 Å². The number of anilines is 1. The van der Waals surface area contributed by atoms with E-state index in [2.05, 4.69) is 10.6 Å². The number of benzene rings is 2. The number of carbonyl (C=O) groups excluding carboxylic acids is 2. The lowest BCUT2D eigenvalue weighted by Gasteiger charge is -2.11. The van der Waals surface area contributed by atoms with Gasteiger partial charge in [-0.3, -0.25) is 9.59 Å². The normalized spacial score (nSPS) is 10.5. The maximum Gasteiger partial charge on any atom is 0.288 e. The number of thioether (sulfide) groups is 1. The van der Waals surface area contributed by atoms with E-state index in [0.717, 1.165) is 5.56 Å². The first-order chi connectivity index (χ1) is 12.4. The molecule has 0 radical (unpaired) electrons. The maximum absolute atomic E-state index is 12.3. The Bertz CT molecular complexity index is 783. The fourth-order valence-electron chi connectivity index (χ4n) is 2.16. The van der Waals surface area contributed by atoms with Gasteiger partial charge in [0.15, 0.2) is 0 Å². The van der Waals surface area contributed by atoms with Crippen molar-refractivity contribution in [1.29, 1.82) is 0 Å². The quantitative estimate of drug-likeness (QED) is 0.719. The van der Waals surface area contributed by atoms with Gasteiger partial charge >= 0.3 is 0 Å². The van der Waals surface area contributed by atoms with Gasteiger partial charge in [0.2, 0.25) is 5.91 Å². The van der Waals surface area contributed by atoms with Crippen LogP contribution in [0.1, 0.15) is 15.9 Å². The number of hydrogen-bond acceptors (Lipinski definition) is 4. The minimum atomic E-state index is -2.52. The monoisotopic (exact) mass is 380 g/mol. The zero-order chi connectivity index (χ0) is 19.1. The third-order valence-corrected chi connectivity index (χ3v) is 4.10. The third-order valence-electron chi connectivity index (χ3n) is 3.38. The minimum absolute atomic E-state index is 0.233. The van der Waals surface area contributed by atoms with E-state index < -0.39 is 17.6 Å². The topological polar surface area (TPSA) is 67.4 Å². The number of halogens is 2. The molecule has 0 fully saturated rings. The summed E-state index contributed by atoms with van der Waals surface area (Å²) >= 11 is 0.402. The molecule has 26 heavy (non-hydrogen) atoms. The first-order valence-corrected chi connectivity index (χ1v) is 8.54. The van der Waals surface area contributed by atoms with E-state index in [0.29, 0.717) is 28.1 Å². The van der Waals surface area contributed by atoms with Crippen LogP contribution < -0.4 is 15.4 Å². The van der Waals surface area contributed by atoms with Crippen LogP contribution in [0.3, 0.4) is 0 Å². The largest absolute Gasteiger partial charge is 0.495 e. The van der Waals surface area contributed by atoms with Crippen LogP contribution in [0.2, 0.25) is 0 Å². The van der Waals surface area contributed by atoms with E-state index in [4.69, 9.17) is 4.74 Å². The van der Waals surface area contributed by atoms with Gasteiger partial charge in [0.1, 0.15) is 5.75 Å². The highest BCUT2D eigenvalue weighted by Crippen LogP contribution is 2.26. The lowest BCUT2D eigenvalue weighted by molar-refractivity contribution is -0.115. The van der Waals surface area contributed by atoms with Crippen LogP contribution >= 0.6 is 11.8 Å². The van der Waals surface area contributed by atoms with Crippen molar-refractivity contribution in [3.05, 3.63) is 53.6 Å². The highest BCUT2D eigenvalue weighted by Gasteiger charge is 2.11. The van der Waals surface area contributed by atoms with Crippen molar-refractivity contribution in [3.63, 3.8) is 0 Å². The van der Waals surface area contributed by atoms with Crippen LogP contribution in [0, 0.1) is 6.92 Å². The summed E-state index contributed by atoms with van der Waals surface area (Å²) in [5.41, 5.74) is 1.75. The van der Waals surface area contributed by atoms with Crippen molar-refractivity contribution in [3.8, 4) is 5.75 Å². The zero-order valence-corrected chi connectivity index (χ0v) is 15.0. The van der Waals surface area contributed by atoms with Crippen molar-refractivity contribution < 1.29 is 23.1 Å². The Balaban J connectivity index is 1.90. The molecule has 0 unspecified atom stereocenters. The molecule has 0 aliphatic rings. The molecule has 0 saturated carbocycles. The van der Waals surface area contributed by atoms with Crippen LogP contribution in [0.5, 0.6) is 5.75 Å². The van der Waals surface area contributed by atoms with E-state index in [-0.39, 0.29) is 12.1 Å². The summed E-state index contributed by atoms with van der Waals surface area (Å²) < 4.78 is 29.7. The molecule has 0 bridgehead atoms. The predicted octanol–water partition coefficient (Wildman–Crippen LogP) is 3.69. The fraction of sp³-hybridized carbons (Fsp3) is 0.222. The number of alkyl halides is 2. The summed E-state index contributed by atoms with van der Waals surface area (Å²) in [6.45, 7) is 1.65. The van der Waals surface area contributed by atoms with Gasteiger partial charge in [0.25, 0.3) is 11.7 Å². The molecule has 8 heteroatoms. The number of carbonyl (C=O) groups is 2. The Morgan fingerprint density at radius 1 is 1.15 bits per heavy atom. The summed E-state index contributed by atoms with van der Waals surface area (Å²) in [6.07, 6.45) is 0. The van der Waals surface area contributed by atoms with Crippen LogP contribution in [-0.4, -0.2) is 31.2 Å². The molecule has 5 nitrogen and oxygen atoms in total. The molecular formula is C18H18F2N2O3S. The Hall–Kier alpha value is -2.61. The number of aryl methyl sites for hydroxylation is 1. The lowest BCUT2D eigenvalue weighted by Crippen LogP contribution is -2.32. The molecule has 2 rings (SSSR count). The van der Waals surface area contributed by atoms with Gasteiger partial charge in [-0.15, -0.1) is 0 Å². The lowest BCUT2D eigenvalue weighted by atomic mass is 10.2. The van der Waals surface area contributed by atoms with E-state index in [1.165, 1.54) is 31.4 Å². The first kappa shape index (κ1) is 19.7. The highest BCUT2D eigenvalue weighted by molar-refractivity contribution is 7.99. The molecule has 0 spiro atoms. The average Bonchev–Trinajstić information content (AvgIpc) is 2.60. The molecule has 0 saturated heterocycles. The molecular weight excluding hydrogens is 362 g/mol. The van der Waals surface area contributed by atoms with Crippen molar-refractivity contribution in [2.75, 3.05) is 19.0 Å². The number of methoxy groups -OCH3 is 1. The van der Waals surface area contributed by atoms with E-state index in [1.807, 2.05) is 13.0 Å². The smallest absolute Gasteiger partial charge is 0.288 e. The van der Waals surface area contributed by atoms with Gasteiger partial charge in [-0.05, 0) is 48.9 Å². The second-order valence-electron chi connectivity index (χ2n) is 5.34. The van der Waals surface area contributed by atoms with Crippen molar-refractivity contribution in [1.82, 2.24) is 5.32 Å². The number of rotatable bonds is 7. The molecule has 0 aliphatic carbocycles. The SMILES string of the molecule is COc1ccc(C)cc1NC(=O)CNC(=O)c1ccc(SC(F)F)cc1. The average molecular weight is 380 g/mol. The molecule has 0 heterocycles. The Labute approximate surface area is 154 Å². The van der Waals surface area contributed by atoms with Gasteiger partial charge in [-0.25, -0.2) is 0 Å². The standard InChI is InChI=1S/C18H18F2N2O3S/c1-11-3-8-15(25-2)14(9-11)22-16(23)10-21-17(24)12-4-6-13(7-5-12)26-18(19)20/h3-9,18H,10H2,1-2H3,(H,21,24)(H,22,23). The van der Waals surface area contributed by atoms with E-state index in [9.17, 15) is 18.4 Å². The molecule has 2 amide bonds. The highest BCUT2D eigenvalue weighted by atomic mass is 32.2. The minimum Gasteiger partial charge on any atom is -0.495 e. The van der Waals surface area contributed by atoms with Gasteiger partial charge in [-0.2, -0.15) is 8.78 Å². The Morgan fingerprint density at radius 2 is 1.85 bits per heavy atom. The fourth-order valence-corrected chi connectivity index (χ4v) is 2.66. The van der Waals surface area contributed by atoms with Crippen molar-refractivity contribution >= 4 is 29.3 Å². The summed E-state index contributed by atoms with van der Waals surface area (Å²) in [6, 6.07) is 11.1. The molecule has 138 valence electrons. The van der Waals surface area contributed by atoms with Gasteiger partial charge in [0.05, 0.1) is 19.3 Å². The van der Waals surface area contributed by atoms with Crippen LogP contribution in [-0.2, 0) is 4.79 Å². The Morgan fingerprint density at radius 3 is 2.46 bits per heavy atom. The number of amides is 2. The van der Waals surface area contributed by atoms with Gasteiger partial charge < -0.3 is 15.4 Å². The van der Waals surface area contributed by atoms with E-state index >= 15 is 0 Å². The summed E-state index contributed by atoms with van der Waals surface area (Å²) in [7, 11) is 1.50. The maximum atomic E-state index is 12.3. The molecule has 0 aliphatic heterocycles. The predicted molar refractivity (Wildman–Crippen MR) is 97.0 cm³/mol. The first-order valence-electron chi connectivity index (χ1n) is 7.66. The Kier molecular flexibility index (Phi) is 6.97. The van der Waals surface area contributed by atoms with Gasteiger partial charge in [-0.1, -0.05) is 17.8 Å². The second kappa shape index (κ2) is 9.19. The summed E-state index contributed by atoms with van der Waals surface area (Å²) in [5, 5.41) is 5.16. The van der Waals surface area contributed by atoms with Crippen LogP contribution in [0.25, 0.3) is 0 Å². The number of nitrogens with one attached hydrogen (secondary N) is 2. The molecule has 2 aromatic carbocycles. The number of hydrogen-bond donors (Lipinski definition) is 2. The van der Waals surface area contributed by atoms with Gasteiger partial charge in [0, 0.05) is 10.5 Å². The zero-order valence-electron chi connectivity index (χ0n) is 14.2. The number of ether oxygens (including phenoxy) is 1. The molecule has 2 N–H and O–H groups in total. The van der Waals surface area contributed by atoms with E-state index in [1.54, 1.807) is 12.1 Å². The van der Waals surface area contributed by atoms with Crippen molar-refractivity contribution in [2.45, 2.75) is 17.6 Å².